The van der Waals surface area contributed by atoms with E-state index in [0.29, 0.717) is 29.8 Å². The van der Waals surface area contributed by atoms with Crippen LogP contribution in [-0.4, -0.2) is 29.9 Å². The Hall–Kier alpha value is -3.42. The van der Waals surface area contributed by atoms with E-state index in [0.717, 1.165) is 38.5 Å². The number of anilines is 1. The first-order chi connectivity index (χ1) is 18.5. The van der Waals surface area contributed by atoms with Gasteiger partial charge in [0.05, 0.1) is 16.8 Å². The number of carbonyl (C=O) groups excluding carboxylic acids is 2. The van der Waals surface area contributed by atoms with E-state index >= 15 is 0 Å². The van der Waals surface area contributed by atoms with Crippen molar-refractivity contribution in [2.45, 2.75) is 90.9 Å². The molecule has 1 aromatic carbocycles. The smallest absolute Gasteiger partial charge is 0.255 e. The Balaban J connectivity index is 1.78. The van der Waals surface area contributed by atoms with Crippen LogP contribution in [-0.2, 0) is 0 Å². The summed E-state index contributed by atoms with van der Waals surface area (Å²) in [4.78, 5) is 43.3. The van der Waals surface area contributed by atoms with Gasteiger partial charge in [-0.3, -0.25) is 14.4 Å². The largest absolute Gasteiger partial charge is 0.453 e. The highest BCUT2D eigenvalue weighted by Gasteiger charge is 2.25. The molecular weight excluding hydrogens is 480 g/mol. The molecule has 2 amide bonds. The second-order valence-corrected chi connectivity index (χ2v) is 9.92. The molecule has 0 bridgehead atoms. The number of unbranched alkanes of at least 4 members (excludes halogenated alkanes) is 10. The summed E-state index contributed by atoms with van der Waals surface area (Å²) in [7, 11) is 0. The number of carbonyl (C=O) groups is 2. The number of aromatic nitrogens is 1. The third kappa shape index (κ3) is 7.79. The van der Waals surface area contributed by atoms with Gasteiger partial charge in [-0.1, -0.05) is 84.1 Å². The van der Waals surface area contributed by atoms with Crippen LogP contribution < -0.4 is 21.8 Å². The van der Waals surface area contributed by atoms with Gasteiger partial charge in [-0.05, 0) is 25.0 Å². The third-order valence-corrected chi connectivity index (χ3v) is 6.81. The SMILES string of the molecule is CCCCCCCCNC(=O)c1c2nc3c(C(=O)NCCCCCCCC)cccc3oc-2cc(=O)c1N. The number of para-hydroxylation sites is 1. The van der Waals surface area contributed by atoms with Crippen molar-refractivity contribution in [3.8, 4) is 11.5 Å². The fraction of sp³-hybridized carbons (Fsp3) is 0.533. The summed E-state index contributed by atoms with van der Waals surface area (Å²) in [6.07, 6.45) is 13.4. The molecule has 1 aliphatic carbocycles. The summed E-state index contributed by atoms with van der Waals surface area (Å²) in [6, 6.07) is 6.32. The van der Waals surface area contributed by atoms with E-state index in [1.165, 1.54) is 44.6 Å². The summed E-state index contributed by atoms with van der Waals surface area (Å²) in [5.74, 6) is -0.564. The molecule has 0 radical (unpaired) electrons. The van der Waals surface area contributed by atoms with Crippen molar-refractivity contribution in [3.05, 3.63) is 45.6 Å². The normalized spacial score (nSPS) is 11.2. The highest BCUT2D eigenvalue weighted by atomic mass is 16.3. The van der Waals surface area contributed by atoms with Crippen LogP contribution in [0, 0.1) is 0 Å². The fourth-order valence-electron chi connectivity index (χ4n) is 4.59. The van der Waals surface area contributed by atoms with Gasteiger partial charge in [0, 0.05) is 19.2 Å². The average molecular weight is 523 g/mol. The zero-order valence-corrected chi connectivity index (χ0v) is 22.9. The highest BCUT2D eigenvalue weighted by molar-refractivity contribution is 6.07. The number of amides is 2. The molecule has 3 rings (SSSR count). The summed E-state index contributed by atoms with van der Waals surface area (Å²) < 4.78 is 5.95. The van der Waals surface area contributed by atoms with Crippen LogP contribution in [0.3, 0.4) is 0 Å². The molecule has 0 saturated heterocycles. The molecule has 1 aliphatic heterocycles. The van der Waals surface area contributed by atoms with Crippen molar-refractivity contribution in [2.75, 3.05) is 18.8 Å². The van der Waals surface area contributed by atoms with E-state index in [1.807, 2.05) is 0 Å². The lowest BCUT2D eigenvalue weighted by Gasteiger charge is -2.15. The quantitative estimate of drug-likeness (QED) is 0.119. The number of nitrogen functional groups attached to an aromatic ring is 1. The molecule has 1 heterocycles. The predicted molar refractivity (Wildman–Crippen MR) is 153 cm³/mol. The average Bonchev–Trinajstić information content (AvgIpc) is 2.91. The molecule has 0 spiro atoms. The standard InChI is InChI=1S/C30H42N4O4/c1-3-5-7-9-11-13-18-32-29(36)21-16-15-17-23-27(21)34-28-24(38-23)20-22(35)26(31)25(28)30(37)33-19-14-12-10-8-6-4-2/h15-17,20H,3-14,18-19,31H2,1-2H3,(H,32,36)(H,33,37). The molecule has 206 valence electrons. The first-order valence-electron chi connectivity index (χ1n) is 14.2. The number of hydrogen-bond acceptors (Lipinski definition) is 6. The van der Waals surface area contributed by atoms with Crippen LogP contribution in [0.1, 0.15) is 112 Å². The van der Waals surface area contributed by atoms with E-state index in [9.17, 15) is 14.4 Å². The number of fused-ring (bicyclic) bond motifs is 2. The van der Waals surface area contributed by atoms with Gasteiger partial charge in [0.1, 0.15) is 11.2 Å². The highest BCUT2D eigenvalue weighted by Crippen LogP contribution is 2.30. The zero-order chi connectivity index (χ0) is 27.3. The lowest BCUT2D eigenvalue weighted by molar-refractivity contribution is 0.0946. The minimum absolute atomic E-state index is 0.00794. The Morgan fingerprint density at radius 1 is 0.842 bits per heavy atom. The number of nitrogens with one attached hydrogen (secondary N) is 2. The lowest BCUT2D eigenvalue weighted by Crippen LogP contribution is -2.29. The maximum absolute atomic E-state index is 13.1. The monoisotopic (exact) mass is 522 g/mol. The minimum atomic E-state index is -0.500. The van der Waals surface area contributed by atoms with Crippen molar-refractivity contribution in [1.82, 2.24) is 15.6 Å². The Labute approximate surface area is 225 Å². The zero-order valence-electron chi connectivity index (χ0n) is 22.9. The van der Waals surface area contributed by atoms with Gasteiger partial charge in [-0.2, -0.15) is 0 Å². The molecule has 0 fully saturated rings. The molecule has 0 aromatic heterocycles. The van der Waals surface area contributed by atoms with Crippen molar-refractivity contribution in [2.24, 2.45) is 0 Å². The number of nitrogens with zero attached hydrogens (tertiary/aromatic N) is 1. The van der Waals surface area contributed by atoms with Crippen molar-refractivity contribution in [3.63, 3.8) is 0 Å². The third-order valence-electron chi connectivity index (χ3n) is 6.81. The van der Waals surface area contributed by atoms with Crippen molar-refractivity contribution >= 4 is 28.6 Å². The molecule has 2 aliphatic rings. The molecule has 4 N–H and O–H groups in total. The Morgan fingerprint density at radius 2 is 1.42 bits per heavy atom. The molecule has 0 atom stereocenters. The number of rotatable bonds is 16. The molecule has 38 heavy (non-hydrogen) atoms. The summed E-state index contributed by atoms with van der Waals surface area (Å²) >= 11 is 0. The van der Waals surface area contributed by atoms with E-state index in [1.54, 1.807) is 18.2 Å². The predicted octanol–water partition coefficient (Wildman–Crippen LogP) is 6.06. The number of benzene rings is 2. The topological polar surface area (TPSA) is 127 Å². The maximum Gasteiger partial charge on any atom is 0.255 e. The van der Waals surface area contributed by atoms with E-state index in [2.05, 4.69) is 29.5 Å². The van der Waals surface area contributed by atoms with Crippen LogP contribution in [0.15, 0.2) is 33.5 Å². The van der Waals surface area contributed by atoms with E-state index in [-0.39, 0.29) is 28.6 Å². The molecular formula is C30H42N4O4. The van der Waals surface area contributed by atoms with Crippen molar-refractivity contribution < 1.29 is 14.0 Å². The van der Waals surface area contributed by atoms with E-state index < -0.39 is 11.3 Å². The number of hydrogen-bond donors (Lipinski definition) is 3. The van der Waals surface area contributed by atoms with Gasteiger partial charge in [0.15, 0.2) is 11.3 Å². The minimum Gasteiger partial charge on any atom is -0.453 e. The fourth-order valence-corrected chi connectivity index (χ4v) is 4.59. The van der Waals surface area contributed by atoms with Crippen LogP contribution >= 0.6 is 0 Å². The lowest BCUT2D eigenvalue weighted by atomic mass is 10.0. The molecule has 8 heteroatoms. The molecule has 0 saturated carbocycles. The van der Waals surface area contributed by atoms with Crippen LogP contribution in [0.2, 0.25) is 0 Å². The molecule has 8 nitrogen and oxygen atoms in total. The van der Waals surface area contributed by atoms with Gasteiger partial charge >= 0.3 is 0 Å². The van der Waals surface area contributed by atoms with Crippen LogP contribution in [0.5, 0.6) is 0 Å². The van der Waals surface area contributed by atoms with Crippen LogP contribution in [0.4, 0.5) is 5.69 Å². The summed E-state index contributed by atoms with van der Waals surface area (Å²) in [5.41, 5.74) is 6.58. The number of nitrogens with two attached hydrogens (primary N) is 1. The second-order valence-electron chi connectivity index (χ2n) is 9.92. The van der Waals surface area contributed by atoms with Gasteiger partial charge in [-0.15, -0.1) is 0 Å². The summed E-state index contributed by atoms with van der Waals surface area (Å²) in [5, 5.41) is 5.84. The van der Waals surface area contributed by atoms with Gasteiger partial charge < -0.3 is 20.8 Å². The van der Waals surface area contributed by atoms with Crippen molar-refractivity contribution in [1.29, 1.82) is 0 Å². The van der Waals surface area contributed by atoms with Gasteiger partial charge in [0.2, 0.25) is 5.43 Å². The van der Waals surface area contributed by atoms with E-state index in [4.69, 9.17) is 10.2 Å². The second kappa shape index (κ2) is 15.1. The molecule has 0 unspecified atom stereocenters. The first-order valence-corrected chi connectivity index (χ1v) is 14.2. The summed E-state index contributed by atoms with van der Waals surface area (Å²) in [6.45, 7) is 5.42. The molecule has 1 aromatic rings. The Morgan fingerprint density at radius 3 is 2.05 bits per heavy atom. The maximum atomic E-state index is 13.1. The van der Waals surface area contributed by atoms with Gasteiger partial charge in [0.25, 0.3) is 11.8 Å². The van der Waals surface area contributed by atoms with Gasteiger partial charge in [-0.25, -0.2) is 4.98 Å². The van der Waals surface area contributed by atoms with Crippen LogP contribution in [0.25, 0.3) is 22.6 Å². The Bertz CT molecular complexity index is 1240. The first kappa shape index (κ1) is 29.1. The Kier molecular flexibility index (Phi) is 11.6.